The molecule has 8 aliphatic rings. The Morgan fingerprint density at radius 1 is 0.691 bits per heavy atom. The van der Waals surface area contributed by atoms with E-state index in [9.17, 15) is 66.1 Å². The highest BCUT2D eigenvalue weighted by Gasteiger charge is 2.71. The number of esters is 1. The summed E-state index contributed by atoms with van der Waals surface area (Å²) in [6, 6.07) is 0. The summed E-state index contributed by atoms with van der Waals surface area (Å²) in [7, 11) is 0. The van der Waals surface area contributed by atoms with E-state index in [4.69, 9.17) is 28.4 Å². The van der Waals surface area contributed by atoms with E-state index in [1.807, 2.05) is 6.92 Å². The normalized spacial score (nSPS) is 54.8. The minimum Gasteiger partial charge on any atom is -0.481 e. The maximum Gasteiger partial charge on any atom is 0.315 e. The summed E-state index contributed by atoms with van der Waals surface area (Å²) >= 11 is 0. The van der Waals surface area contributed by atoms with Gasteiger partial charge in [-0.2, -0.15) is 0 Å². The van der Waals surface area contributed by atoms with Crippen molar-refractivity contribution in [1.29, 1.82) is 0 Å². The zero-order valence-electron chi connectivity index (χ0n) is 39.9. The SMILES string of the molecule is CC1OC(OC2C(O)C(CO)OC(OCC3OC(OC(=O)C45CCC(C)(C(=O)O)CC4C4=CCC6C7(C)CCC(O)C(C)(CO)C7CCC6(C)C4(C)CC5)C(O)C(O)C3O)C2O)C(O)C(O)C1O. The van der Waals surface area contributed by atoms with Gasteiger partial charge < -0.3 is 89.7 Å². The van der Waals surface area contributed by atoms with Gasteiger partial charge in [0.2, 0.25) is 6.29 Å². The van der Waals surface area contributed by atoms with Gasteiger partial charge in [0.25, 0.3) is 0 Å². The minimum atomic E-state index is -1.94. The summed E-state index contributed by atoms with van der Waals surface area (Å²) < 4.78 is 34.6. The second-order valence-corrected chi connectivity index (χ2v) is 23.0. The molecule has 20 nitrogen and oxygen atoms in total. The standard InChI is InChI=1S/C48H76O20/c1-21-29(52)32(55)34(57)39(64-21)67-37-31(54)24(18-49)65-38(36(37)59)63-19-25-30(53)33(56)35(58)40(66-25)68-42(62)48-15-13-43(2,41(60)61)17-23(48)22-7-8-27-44(3)11-10-28(51)45(4,20-50)26(44)9-12-47(27,6)46(22,5)14-16-48/h7,21,23-40,49-59H,8-20H2,1-6H3,(H,60,61). The fourth-order valence-corrected chi connectivity index (χ4v) is 14.9. The highest BCUT2D eigenvalue weighted by Crippen LogP contribution is 2.76. The van der Waals surface area contributed by atoms with Gasteiger partial charge in [-0.25, -0.2) is 0 Å². The third-order valence-corrected chi connectivity index (χ3v) is 19.7. The Balaban J connectivity index is 1.02. The van der Waals surface area contributed by atoms with Crippen LogP contribution in [0.3, 0.4) is 0 Å². The number of aliphatic hydroxyl groups excluding tert-OH is 11. The van der Waals surface area contributed by atoms with Gasteiger partial charge in [-0.3, -0.25) is 9.59 Å². The van der Waals surface area contributed by atoms with Gasteiger partial charge in [0, 0.05) is 5.41 Å². The summed E-state index contributed by atoms with van der Waals surface area (Å²) in [5, 5.41) is 129. The van der Waals surface area contributed by atoms with E-state index < -0.39 is 151 Å². The highest BCUT2D eigenvalue weighted by atomic mass is 16.8. The number of allylic oxidation sites excluding steroid dienone is 2. The van der Waals surface area contributed by atoms with Crippen molar-refractivity contribution in [3.05, 3.63) is 11.6 Å². The Bertz CT molecular complexity index is 1910. The lowest BCUT2D eigenvalue weighted by molar-refractivity contribution is -0.362. The van der Waals surface area contributed by atoms with Crippen LogP contribution in [0.15, 0.2) is 11.6 Å². The average Bonchev–Trinajstić information content (AvgIpc) is 3.30. The molecule has 5 aliphatic carbocycles. The third-order valence-electron chi connectivity index (χ3n) is 19.7. The molecule has 25 unspecified atom stereocenters. The first-order valence-corrected chi connectivity index (χ1v) is 24.5. The molecule has 388 valence electrons. The van der Waals surface area contributed by atoms with Crippen molar-refractivity contribution >= 4 is 11.9 Å². The maximum absolute atomic E-state index is 15.0. The van der Waals surface area contributed by atoms with Crippen molar-refractivity contribution in [2.75, 3.05) is 19.8 Å². The summed E-state index contributed by atoms with van der Waals surface area (Å²) in [6.45, 7) is 10.4. The fraction of sp³-hybridized carbons (Fsp3) is 0.917. The Labute approximate surface area is 396 Å². The number of ether oxygens (including phenoxy) is 6. The molecule has 4 saturated carbocycles. The quantitative estimate of drug-likeness (QED) is 0.0942. The van der Waals surface area contributed by atoms with E-state index in [0.29, 0.717) is 25.7 Å². The summed E-state index contributed by atoms with van der Waals surface area (Å²) in [6.07, 6.45) is -18.6. The highest BCUT2D eigenvalue weighted by molar-refractivity contribution is 5.81. The third kappa shape index (κ3) is 7.94. The fourth-order valence-electron chi connectivity index (χ4n) is 14.9. The molecule has 3 heterocycles. The number of carbonyl (C=O) groups excluding carboxylic acids is 1. The van der Waals surface area contributed by atoms with E-state index >= 15 is 4.79 Å². The van der Waals surface area contributed by atoms with Crippen LogP contribution >= 0.6 is 0 Å². The van der Waals surface area contributed by atoms with Gasteiger partial charge in [0.1, 0.15) is 67.1 Å². The van der Waals surface area contributed by atoms with Gasteiger partial charge in [-0.05, 0) is 112 Å². The van der Waals surface area contributed by atoms with Crippen LogP contribution < -0.4 is 0 Å². The van der Waals surface area contributed by atoms with Crippen LogP contribution in [0.25, 0.3) is 0 Å². The molecule has 0 spiro atoms. The smallest absolute Gasteiger partial charge is 0.315 e. The molecule has 3 aliphatic heterocycles. The Morgan fingerprint density at radius 3 is 2.00 bits per heavy atom. The molecule has 7 fully saturated rings. The average molecular weight is 973 g/mol. The lowest BCUT2D eigenvalue weighted by Gasteiger charge is -2.71. The number of aliphatic carboxylic acids is 1. The number of hydrogen-bond acceptors (Lipinski definition) is 19. The Hall–Kier alpha value is -1.96. The van der Waals surface area contributed by atoms with E-state index in [1.165, 1.54) is 6.92 Å². The molecule has 3 saturated heterocycles. The first kappa shape index (κ1) is 52.4. The molecule has 68 heavy (non-hydrogen) atoms. The predicted molar refractivity (Wildman–Crippen MR) is 232 cm³/mol. The summed E-state index contributed by atoms with van der Waals surface area (Å²) in [4.78, 5) is 28.0. The van der Waals surface area contributed by atoms with Crippen LogP contribution in [-0.2, 0) is 38.0 Å². The number of carboxylic acids is 1. The van der Waals surface area contributed by atoms with Gasteiger partial charge >= 0.3 is 11.9 Å². The van der Waals surface area contributed by atoms with E-state index in [0.717, 1.165) is 24.8 Å². The van der Waals surface area contributed by atoms with Crippen LogP contribution in [0.4, 0.5) is 0 Å². The second kappa shape index (κ2) is 18.5. The first-order chi connectivity index (χ1) is 31.8. The monoisotopic (exact) mass is 972 g/mol. The maximum atomic E-state index is 15.0. The summed E-state index contributed by atoms with van der Waals surface area (Å²) in [5.41, 5.74) is -3.01. The Kier molecular flexibility index (Phi) is 14.3. The number of rotatable bonds is 10. The lowest BCUT2D eigenvalue weighted by Crippen LogP contribution is -2.66. The van der Waals surface area contributed by atoms with Crippen LogP contribution in [0.5, 0.6) is 0 Å². The van der Waals surface area contributed by atoms with E-state index in [-0.39, 0.29) is 48.5 Å². The molecule has 0 bridgehead atoms. The molecular weight excluding hydrogens is 897 g/mol. The molecule has 8 rings (SSSR count). The van der Waals surface area contributed by atoms with Crippen molar-refractivity contribution in [2.24, 2.45) is 50.2 Å². The van der Waals surface area contributed by atoms with Crippen LogP contribution in [0.1, 0.15) is 106 Å². The van der Waals surface area contributed by atoms with Crippen molar-refractivity contribution < 1.29 is 99.3 Å². The van der Waals surface area contributed by atoms with E-state index in [2.05, 4.69) is 26.8 Å². The molecule has 25 atom stereocenters. The number of aliphatic hydroxyl groups is 11. The largest absolute Gasteiger partial charge is 0.481 e. The Morgan fingerprint density at radius 2 is 1.34 bits per heavy atom. The zero-order chi connectivity index (χ0) is 49.8. The van der Waals surface area contributed by atoms with Gasteiger partial charge in [0.15, 0.2) is 12.6 Å². The second-order valence-electron chi connectivity index (χ2n) is 23.0. The number of fused-ring (bicyclic) bond motifs is 7. The lowest BCUT2D eigenvalue weighted by atomic mass is 9.33. The van der Waals surface area contributed by atoms with Crippen molar-refractivity contribution in [3.8, 4) is 0 Å². The van der Waals surface area contributed by atoms with Crippen LogP contribution in [0.2, 0.25) is 0 Å². The van der Waals surface area contributed by atoms with Gasteiger partial charge in [-0.1, -0.05) is 39.3 Å². The number of carboxylic acid groups (broad SMARTS) is 1. The first-order valence-electron chi connectivity index (χ1n) is 24.5. The van der Waals surface area contributed by atoms with Crippen LogP contribution in [-0.4, -0.2) is 191 Å². The molecule has 12 N–H and O–H groups in total. The molecular formula is C48H76O20. The predicted octanol–water partition coefficient (Wildman–Crippen LogP) is -0.795. The molecule has 0 radical (unpaired) electrons. The number of carbonyl (C=O) groups is 2. The topological polar surface area (TPSA) is 332 Å². The van der Waals surface area contributed by atoms with Crippen molar-refractivity contribution in [2.45, 2.75) is 204 Å². The number of hydrogen-bond donors (Lipinski definition) is 12. The zero-order valence-corrected chi connectivity index (χ0v) is 39.9. The van der Waals surface area contributed by atoms with Gasteiger partial charge in [0.05, 0.1) is 42.9 Å². The molecule has 0 aromatic carbocycles. The molecule has 20 heteroatoms. The molecule has 0 amide bonds. The van der Waals surface area contributed by atoms with E-state index in [1.54, 1.807) is 6.92 Å². The van der Waals surface area contributed by atoms with Gasteiger partial charge in [-0.15, -0.1) is 0 Å². The molecule has 0 aromatic rings. The molecule has 0 aromatic heterocycles. The van der Waals surface area contributed by atoms with Crippen molar-refractivity contribution in [1.82, 2.24) is 0 Å². The minimum absolute atomic E-state index is 0.0809. The van der Waals surface area contributed by atoms with Crippen molar-refractivity contribution in [3.63, 3.8) is 0 Å². The summed E-state index contributed by atoms with van der Waals surface area (Å²) in [5.74, 6) is -2.05. The van der Waals surface area contributed by atoms with Crippen LogP contribution in [0, 0.1) is 50.2 Å².